The molecule has 1 aromatic carbocycles. The first kappa shape index (κ1) is 18.0. The number of hydrogen-bond acceptors (Lipinski definition) is 5. The Morgan fingerprint density at radius 1 is 1.11 bits per heavy atom. The Morgan fingerprint density at radius 2 is 1.86 bits per heavy atom. The predicted octanol–water partition coefficient (Wildman–Crippen LogP) is 1.80. The summed E-state index contributed by atoms with van der Waals surface area (Å²) in [7, 11) is 0. The van der Waals surface area contributed by atoms with E-state index in [1.807, 2.05) is 30.3 Å². The van der Waals surface area contributed by atoms with E-state index in [1.54, 1.807) is 10.6 Å². The van der Waals surface area contributed by atoms with E-state index < -0.39 is 11.7 Å². The van der Waals surface area contributed by atoms with Crippen LogP contribution >= 0.6 is 0 Å². The zero-order chi connectivity index (χ0) is 19.5. The lowest BCUT2D eigenvalue weighted by Crippen LogP contribution is -2.42. The molecule has 1 N–H and O–H groups in total. The van der Waals surface area contributed by atoms with Crippen molar-refractivity contribution in [2.24, 2.45) is 0 Å². The summed E-state index contributed by atoms with van der Waals surface area (Å²) < 4.78 is 6.67. The number of Topliss-reactive ketones (excluding diaryl/α,β-unsaturated/α-hetero) is 1. The molecule has 0 bridgehead atoms. The van der Waals surface area contributed by atoms with Crippen LogP contribution in [-0.4, -0.2) is 44.4 Å². The first-order chi connectivity index (χ1) is 13.6. The summed E-state index contributed by atoms with van der Waals surface area (Å²) in [4.78, 5) is 38.3. The van der Waals surface area contributed by atoms with Crippen LogP contribution in [0.3, 0.4) is 0 Å². The molecule has 0 aliphatic carbocycles. The van der Waals surface area contributed by atoms with E-state index in [9.17, 15) is 14.4 Å². The van der Waals surface area contributed by atoms with Gasteiger partial charge in [-0.25, -0.2) is 9.89 Å². The van der Waals surface area contributed by atoms with Crippen LogP contribution in [0.5, 0.6) is 0 Å². The number of piperidine rings is 1. The maximum Gasteiger partial charge on any atom is 0.343 e. The number of benzene rings is 1. The van der Waals surface area contributed by atoms with Crippen molar-refractivity contribution in [1.29, 1.82) is 0 Å². The molecule has 0 spiro atoms. The van der Waals surface area contributed by atoms with E-state index in [0.717, 1.165) is 5.56 Å². The zero-order valence-electron chi connectivity index (χ0n) is 15.2. The molecule has 1 aliphatic rings. The summed E-state index contributed by atoms with van der Waals surface area (Å²) in [5.41, 5.74) is 0.772. The fourth-order valence-electron chi connectivity index (χ4n) is 3.56. The van der Waals surface area contributed by atoms with Gasteiger partial charge >= 0.3 is 5.69 Å². The molecule has 3 aromatic rings. The van der Waals surface area contributed by atoms with Gasteiger partial charge in [0.05, 0.1) is 12.8 Å². The second-order valence-corrected chi connectivity index (χ2v) is 6.83. The van der Waals surface area contributed by atoms with Gasteiger partial charge in [-0.2, -0.15) is 5.10 Å². The highest BCUT2D eigenvalue weighted by atomic mass is 16.3. The molecule has 28 heavy (non-hydrogen) atoms. The van der Waals surface area contributed by atoms with E-state index in [2.05, 4.69) is 10.2 Å². The van der Waals surface area contributed by atoms with Crippen molar-refractivity contribution < 1.29 is 14.0 Å². The fraction of sp³-hybridized carbons (Fsp3) is 0.300. The maximum atomic E-state index is 12.4. The molecule has 0 saturated carbocycles. The van der Waals surface area contributed by atoms with Gasteiger partial charge in [0.25, 0.3) is 11.7 Å². The van der Waals surface area contributed by atoms with E-state index in [-0.39, 0.29) is 17.4 Å². The number of carbonyl (C=O) groups is 2. The minimum atomic E-state index is -0.635. The summed E-state index contributed by atoms with van der Waals surface area (Å²) in [5, 5.41) is 6.76. The quantitative estimate of drug-likeness (QED) is 0.537. The van der Waals surface area contributed by atoms with Gasteiger partial charge < -0.3 is 9.32 Å². The third-order valence-corrected chi connectivity index (χ3v) is 5.06. The highest BCUT2D eigenvalue weighted by molar-refractivity contribution is 6.41. The normalized spacial score (nSPS) is 14.9. The minimum absolute atomic E-state index is 0.0467. The van der Waals surface area contributed by atoms with Crippen LogP contribution in [0.4, 0.5) is 0 Å². The van der Waals surface area contributed by atoms with Crippen LogP contribution in [0, 0.1) is 0 Å². The van der Waals surface area contributed by atoms with Crippen LogP contribution in [0.25, 0.3) is 0 Å². The highest BCUT2D eigenvalue weighted by Gasteiger charge is 2.31. The topological polar surface area (TPSA) is 101 Å². The van der Waals surface area contributed by atoms with Gasteiger partial charge in [0.1, 0.15) is 5.82 Å². The lowest BCUT2D eigenvalue weighted by molar-refractivity contribution is -0.127. The van der Waals surface area contributed by atoms with Crippen LogP contribution in [0.2, 0.25) is 0 Å². The largest absolute Gasteiger partial charge is 0.461 e. The number of furan rings is 1. The number of ketones is 1. The Morgan fingerprint density at radius 3 is 2.54 bits per heavy atom. The van der Waals surface area contributed by atoms with Gasteiger partial charge in [-0.3, -0.25) is 14.2 Å². The average Bonchev–Trinajstić information content (AvgIpc) is 3.39. The Kier molecular flexibility index (Phi) is 4.92. The molecule has 4 rings (SSSR count). The van der Waals surface area contributed by atoms with Gasteiger partial charge in [-0.05, 0) is 30.5 Å². The smallest absolute Gasteiger partial charge is 0.343 e. The van der Waals surface area contributed by atoms with Crippen LogP contribution in [-0.2, 0) is 11.3 Å². The number of aromatic nitrogens is 3. The molecule has 0 unspecified atom stereocenters. The van der Waals surface area contributed by atoms with Crippen LogP contribution in [0.1, 0.15) is 40.7 Å². The molecule has 1 fully saturated rings. The number of hydrogen-bond donors (Lipinski definition) is 1. The van der Waals surface area contributed by atoms with Gasteiger partial charge in [-0.1, -0.05) is 30.3 Å². The monoisotopic (exact) mass is 380 g/mol. The zero-order valence-corrected chi connectivity index (χ0v) is 15.2. The number of rotatable bonds is 5. The molecule has 0 atom stereocenters. The second-order valence-electron chi connectivity index (χ2n) is 6.83. The molecule has 8 nitrogen and oxygen atoms in total. The molecule has 1 aliphatic heterocycles. The van der Waals surface area contributed by atoms with Crippen molar-refractivity contribution in [3.8, 4) is 0 Å². The molecular formula is C20H20N4O4. The predicted molar refractivity (Wildman–Crippen MR) is 100.0 cm³/mol. The molecule has 3 heterocycles. The number of nitrogens with one attached hydrogen (secondary N) is 1. The van der Waals surface area contributed by atoms with Crippen molar-refractivity contribution in [3.05, 3.63) is 76.4 Å². The average molecular weight is 380 g/mol. The summed E-state index contributed by atoms with van der Waals surface area (Å²) >= 11 is 0. The summed E-state index contributed by atoms with van der Waals surface area (Å²) in [5.74, 6) is -0.402. The summed E-state index contributed by atoms with van der Waals surface area (Å²) in [6, 6.07) is 12.8. The second kappa shape index (κ2) is 7.67. The van der Waals surface area contributed by atoms with Crippen molar-refractivity contribution in [2.75, 3.05) is 13.1 Å². The van der Waals surface area contributed by atoms with Crippen molar-refractivity contribution in [2.45, 2.75) is 25.3 Å². The van der Waals surface area contributed by atoms with Crippen molar-refractivity contribution in [3.63, 3.8) is 0 Å². The lowest BCUT2D eigenvalue weighted by Gasteiger charge is -2.31. The molecule has 1 saturated heterocycles. The summed E-state index contributed by atoms with van der Waals surface area (Å²) in [6.07, 6.45) is 2.64. The van der Waals surface area contributed by atoms with Gasteiger partial charge in [-0.15, -0.1) is 0 Å². The van der Waals surface area contributed by atoms with Gasteiger partial charge in [0.2, 0.25) is 0 Å². The molecule has 0 radical (unpaired) electrons. The minimum Gasteiger partial charge on any atom is -0.461 e. The van der Waals surface area contributed by atoms with E-state index >= 15 is 0 Å². The Bertz CT molecular complexity index is 1010. The fourth-order valence-corrected chi connectivity index (χ4v) is 3.56. The number of likely N-dealkylation sites (tertiary alicyclic amines) is 1. The SMILES string of the molecule is O=C(C(=O)N1CCC(c2n[nH]c(=O)n2Cc2ccccc2)CC1)c1ccco1. The number of aromatic amines is 1. The Labute approximate surface area is 160 Å². The lowest BCUT2D eigenvalue weighted by atomic mass is 9.95. The number of H-pyrrole nitrogens is 1. The summed E-state index contributed by atoms with van der Waals surface area (Å²) in [6.45, 7) is 1.31. The number of carbonyl (C=O) groups excluding carboxylic acids is 2. The van der Waals surface area contributed by atoms with Crippen molar-refractivity contribution in [1.82, 2.24) is 19.7 Å². The maximum absolute atomic E-state index is 12.4. The third kappa shape index (κ3) is 3.53. The van der Waals surface area contributed by atoms with Crippen molar-refractivity contribution >= 4 is 11.7 Å². The van der Waals surface area contributed by atoms with E-state index in [1.165, 1.54) is 17.2 Å². The van der Waals surface area contributed by atoms with Crippen LogP contribution < -0.4 is 5.69 Å². The first-order valence-corrected chi connectivity index (χ1v) is 9.19. The molecular weight excluding hydrogens is 360 g/mol. The standard InChI is InChI=1S/C20H20N4O4/c25-17(16-7-4-12-28-16)19(26)23-10-8-15(9-11-23)18-21-22-20(27)24(18)13-14-5-2-1-3-6-14/h1-7,12,15H,8-11,13H2,(H,22,27). The highest BCUT2D eigenvalue weighted by Crippen LogP contribution is 2.26. The Balaban J connectivity index is 1.44. The number of amides is 1. The molecule has 1 amide bonds. The van der Waals surface area contributed by atoms with Crippen LogP contribution in [0.15, 0.2) is 57.9 Å². The molecule has 2 aromatic heterocycles. The first-order valence-electron chi connectivity index (χ1n) is 9.19. The third-order valence-electron chi connectivity index (χ3n) is 5.06. The van der Waals surface area contributed by atoms with E-state index in [0.29, 0.717) is 38.3 Å². The van der Waals surface area contributed by atoms with Gasteiger partial charge in [0, 0.05) is 19.0 Å². The molecule has 8 heteroatoms. The number of nitrogens with zero attached hydrogens (tertiary/aromatic N) is 3. The van der Waals surface area contributed by atoms with Gasteiger partial charge in [0.15, 0.2) is 5.76 Å². The van der Waals surface area contributed by atoms with E-state index in [4.69, 9.17) is 4.42 Å². The molecule has 144 valence electrons. The Hall–Kier alpha value is -3.42.